The molecule has 1 aliphatic rings. The van der Waals surface area contributed by atoms with Gasteiger partial charge in [-0.25, -0.2) is 0 Å². The monoisotopic (exact) mass is 277 g/mol. The van der Waals surface area contributed by atoms with Crippen molar-refractivity contribution in [3.63, 3.8) is 0 Å². The first-order valence-electron chi connectivity index (χ1n) is 7.09. The number of hydrogen-bond donors (Lipinski definition) is 3. The van der Waals surface area contributed by atoms with Crippen molar-refractivity contribution in [3.8, 4) is 0 Å². The van der Waals surface area contributed by atoms with Crippen LogP contribution < -0.4 is 11.5 Å². The molecule has 1 unspecified atom stereocenters. The molecule has 1 aromatic rings. The topological polar surface area (TPSA) is 92.6 Å². The lowest BCUT2D eigenvalue weighted by Crippen LogP contribution is -2.37. The van der Waals surface area contributed by atoms with E-state index in [1.54, 1.807) is 6.07 Å². The van der Waals surface area contributed by atoms with E-state index in [-0.39, 0.29) is 5.91 Å². The quantitative estimate of drug-likeness (QED) is 0.697. The summed E-state index contributed by atoms with van der Waals surface area (Å²) in [6, 6.07) is 7.41. The van der Waals surface area contributed by atoms with Crippen LogP contribution in [-0.4, -0.2) is 35.5 Å². The maximum Gasteiger partial charge on any atom is 0.217 e. The van der Waals surface area contributed by atoms with E-state index < -0.39 is 6.10 Å². The molecule has 5 nitrogen and oxygen atoms in total. The van der Waals surface area contributed by atoms with Crippen LogP contribution in [0.4, 0.5) is 5.69 Å². The van der Waals surface area contributed by atoms with E-state index in [4.69, 9.17) is 11.5 Å². The molecule has 0 aromatic heterocycles. The average Bonchev–Trinajstić information content (AvgIpc) is 2.41. The van der Waals surface area contributed by atoms with Gasteiger partial charge >= 0.3 is 0 Å². The molecule has 0 saturated carbocycles. The van der Waals surface area contributed by atoms with Gasteiger partial charge in [-0.15, -0.1) is 0 Å². The van der Waals surface area contributed by atoms with Crippen LogP contribution in [-0.2, 0) is 4.79 Å². The minimum atomic E-state index is -0.566. The maximum absolute atomic E-state index is 10.9. The van der Waals surface area contributed by atoms with Crippen LogP contribution in [0.3, 0.4) is 0 Å². The zero-order valence-corrected chi connectivity index (χ0v) is 11.7. The lowest BCUT2D eigenvalue weighted by molar-refractivity contribution is -0.119. The van der Waals surface area contributed by atoms with Gasteiger partial charge in [-0.1, -0.05) is 18.2 Å². The molecule has 0 radical (unpaired) electrons. The summed E-state index contributed by atoms with van der Waals surface area (Å²) in [6.07, 6.45) is 1.82. The first-order valence-corrected chi connectivity index (χ1v) is 7.09. The van der Waals surface area contributed by atoms with Crippen LogP contribution in [0, 0.1) is 5.92 Å². The average molecular weight is 277 g/mol. The highest BCUT2D eigenvalue weighted by Gasteiger charge is 2.23. The molecule has 20 heavy (non-hydrogen) atoms. The molecule has 1 saturated heterocycles. The number of β-amino-alcohol motifs (C(OH)–C–C–N with tert-alkyl or cyclic N) is 1. The maximum atomic E-state index is 10.9. The summed E-state index contributed by atoms with van der Waals surface area (Å²) in [5.74, 6) is 0.170. The zero-order valence-electron chi connectivity index (χ0n) is 11.7. The smallest absolute Gasteiger partial charge is 0.217 e. The molecule has 0 bridgehead atoms. The van der Waals surface area contributed by atoms with Gasteiger partial charge in [0.05, 0.1) is 6.10 Å². The Hall–Kier alpha value is -1.59. The number of benzene rings is 1. The zero-order chi connectivity index (χ0) is 14.5. The summed E-state index contributed by atoms with van der Waals surface area (Å²) in [5, 5.41) is 10.3. The van der Waals surface area contributed by atoms with E-state index in [1.807, 2.05) is 18.2 Å². The second-order valence-electron chi connectivity index (χ2n) is 5.56. The van der Waals surface area contributed by atoms with Crippen molar-refractivity contribution in [2.45, 2.75) is 25.4 Å². The Bertz CT molecular complexity index is 456. The second kappa shape index (κ2) is 6.72. The third-order valence-electron chi connectivity index (χ3n) is 3.98. The van der Waals surface area contributed by atoms with Gasteiger partial charge in [-0.05, 0) is 37.9 Å². The summed E-state index contributed by atoms with van der Waals surface area (Å²) in [7, 11) is 0. The summed E-state index contributed by atoms with van der Waals surface area (Å²) in [6.45, 7) is 2.36. The number of primary amides is 1. The first kappa shape index (κ1) is 14.8. The molecule has 5 N–H and O–H groups in total. The van der Waals surface area contributed by atoms with Gasteiger partial charge in [0.15, 0.2) is 0 Å². The highest BCUT2D eigenvalue weighted by molar-refractivity contribution is 5.73. The summed E-state index contributed by atoms with van der Waals surface area (Å²) in [4.78, 5) is 13.1. The minimum Gasteiger partial charge on any atom is -0.398 e. The SMILES string of the molecule is NC(=O)CC1CCN(CC(O)c2ccccc2N)CC1. The van der Waals surface area contributed by atoms with E-state index in [0.717, 1.165) is 31.5 Å². The predicted octanol–water partition coefficient (Wildman–Crippen LogP) is 0.890. The van der Waals surface area contributed by atoms with Crippen LogP contribution in [0.25, 0.3) is 0 Å². The normalized spacial score (nSPS) is 18.9. The van der Waals surface area contributed by atoms with Crippen molar-refractivity contribution in [2.75, 3.05) is 25.4 Å². The van der Waals surface area contributed by atoms with E-state index in [0.29, 0.717) is 24.6 Å². The number of aliphatic hydroxyl groups is 1. The fourth-order valence-electron chi connectivity index (χ4n) is 2.81. The molecule has 1 aliphatic heterocycles. The molecule has 0 aliphatic carbocycles. The molecule has 1 heterocycles. The first-order chi connectivity index (χ1) is 9.56. The molecule has 2 rings (SSSR count). The number of para-hydroxylation sites is 1. The van der Waals surface area contributed by atoms with Crippen molar-refractivity contribution in [1.82, 2.24) is 4.90 Å². The number of rotatable bonds is 5. The number of nitrogens with two attached hydrogens (primary N) is 2. The fraction of sp³-hybridized carbons (Fsp3) is 0.533. The molecule has 0 spiro atoms. The van der Waals surface area contributed by atoms with Gasteiger partial charge in [0.1, 0.15) is 0 Å². The van der Waals surface area contributed by atoms with E-state index in [1.165, 1.54) is 0 Å². The Labute approximate surface area is 119 Å². The lowest BCUT2D eigenvalue weighted by Gasteiger charge is -2.33. The third kappa shape index (κ3) is 3.95. The van der Waals surface area contributed by atoms with Crippen molar-refractivity contribution in [1.29, 1.82) is 0 Å². The number of nitrogen functional groups attached to an aromatic ring is 1. The van der Waals surface area contributed by atoms with Crippen LogP contribution in [0.15, 0.2) is 24.3 Å². The molecule has 1 aromatic carbocycles. The molecule has 1 fully saturated rings. The van der Waals surface area contributed by atoms with Gasteiger partial charge < -0.3 is 21.5 Å². The van der Waals surface area contributed by atoms with Crippen LogP contribution in [0.2, 0.25) is 0 Å². The Morgan fingerprint density at radius 3 is 2.60 bits per heavy atom. The number of hydrogen-bond acceptors (Lipinski definition) is 4. The van der Waals surface area contributed by atoms with Crippen LogP contribution in [0.1, 0.15) is 30.9 Å². The van der Waals surface area contributed by atoms with Crippen molar-refractivity contribution in [2.24, 2.45) is 11.7 Å². The number of carbonyl (C=O) groups excluding carboxylic acids is 1. The number of likely N-dealkylation sites (tertiary alicyclic amines) is 1. The van der Waals surface area contributed by atoms with E-state index in [2.05, 4.69) is 4.90 Å². The molecule has 5 heteroatoms. The van der Waals surface area contributed by atoms with E-state index in [9.17, 15) is 9.90 Å². The standard InChI is InChI=1S/C15H23N3O2/c16-13-4-2-1-3-12(13)14(19)10-18-7-5-11(6-8-18)9-15(17)20/h1-4,11,14,19H,5-10,16H2,(H2,17,20). The molecular formula is C15H23N3O2. The number of nitrogens with zero attached hydrogens (tertiary/aromatic N) is 1. The number of carbonyl (C=O) groups is 1. The van der Waals surface area contributed by atoms with Gasteiger partial charge in [-0.3, -0.25) is 4.79 Å². The molecular weight excluding hydrogens is 254 g/mol. The van der Waals surface area contributed by atoms with Gasteiger partial charge in [-0.2, -0.15) is 0 Å². The molecule has 110 valence electrons. The highest BCUT2D eigenvalue weighted by atomic mass is 16.3. The second-order valence-corrected chi connectivity index (χ2v) is 5.56. The molecule has 1 amide bonds. The number of piperidine rings is 1. The van der Waals surface area contributed by atoms with Crippen molar-refractivity contribution >= 4 is 11.6 Å². The number of amides is 1. The number of anilines is 1. The fourth-order valence-corrected chi connectivity index (χ4v) is 2.81. The Kier molecular flexibility index (Phi) is 4.98. The van der Waals surface area contributed by atoms with Gasteiger partial charge in [0.25, 0.3) is 0 Å². The highest BCUT2D eigenvalue weighted by Crippen LogP contribution is 2.24. The Morgan fingerprint density at radius 1 is 1.35 bits per heavy atom. The lowest BCUT2D eigenvalue weighted by atomic mass is 9.93. The van der Waals surface area contributed by atoms with Crippen molar-refractivity contribution in [3.05, 3.63) is 29.8 Å². The molecule has 1 atom stereocenters. The van der Waals surface area contributed by atoms with Gasteiger partial charge in [0, 0.05) is 24.2 Å². The summed E-state index contributed by atoms with van der Waals surface area (Å²) in [5.41, 5.74) is 12.5. The Balaban J connectivity index is 1.83. The Morgan fingerprint density at radius 2 is 2.00 bits per heavy atom. The number of aliphatic hydroxyl groups excluding tert-OH is 1. The third-order valence-corrected chi connectivity index (χ3v) is 3.98. The van der Waals surface area contributed by atoms with Crippen LogP contribution in [0.5, 0.6) is 0 Å². The largest absolute Gasteiger partial charge is 0.398 e. The van der Waals surface area contributed by atoms with Crippen molar-refractivity contribution < 1.29 is 9.90 Å². The minimum absolute atomic E-state index is 0.222. The summed E-state index contributed by atoms with van der Waals surface area (Å²) < 4.78 is 0. The van der Waals surface area contributed by atoms with Crippen LogP contribution >= 0.6 is 0 Å². The summed E-state index contributed by atoms with van der Waals surface area (Å²) >= 11 is 0. The van der Waals surface area contributed by atoms with E-state index >= 15 is 0 Å². The van der Waals surface area contributed by atoms with Gasteiger partial charge in [0.2, 0.25) is 5.91 Å². The predicted molar refractivity (Wildman–Crippen MR) is 78.8 cm³/mol.